The average molecular weight is 236 g/mol. The summed E-state index contributed by atoms with van der Waals surface area (Å²) in [6.07, 6.45) is 1.000. The molecule has 1 saturated heterocycles. The van der Waals surface area contributed by atoms with Crippen LogP contribution in [0, 0.1) is 5.82 Å². The van der Waals surface area contributed by atoms with Crippen molar-refractivity contribution in [3.8, 4) is 0 Å². The van der Waals surface area contributed by atoms with Crippen LogP contribution in [0.4, 0.5) is 4.39 Å². The second-order valence-corrected chi connectivity index (χ2v) is 5.10. The number of nitrogens with zero attached hydrogens (tertiary/aromatic N) is 1. The molecule has 2 atom stereocenters. The van der Waals surface area contributed by atoms with Crippen LogP contribution in [0.3, 0.4) is 0 Å². The fourth-order valence-corrected chi connectivity index (χ4v) is 2.56. The van der Waals surface area contributed by atoms with Crippen molar-refractivity contribution in [2.45, 2.75) is 32.4 Å². The molecule has 0 spiro atoms. The molecule has 1 aromatic rings. The van der Waals surface area contributed by atoms with Gasteiger partial charge in [-0.05, 0) is 38.0 Å². The van der Waals surface area contributed by atoms with Gasteiger partial charge in [-0.15, -0.1) is 0 Å². The van der Waals surface area contributed by atoms with Crippen molar-refractivity contribution in [1.82, 2.24) is 10.2 Å². The van der Waals surface area contributed by atoms with Crippen molar-refractivity contribution in [3.05, 3.63) is 35.6 Å². The van der Waals surface area contributed by atoms with Gasteiger partial charge in [-0.25, -0.2) is 4.39 Å². The minimum absolute atomic E-state index is 0.154. The zero-order valence-corrected chi connectivity index (χ0v) is 10.6. The Morgan fingerprint density at radius 3 is 2.35 bits per heavy atom. The molecule has 0 bridgehead atoms. The molecule has 0 aliphatic carbocycles. The molecule has 94 valence electrons. The molecule has 1 aliphatic rings. The maximum absolute atomic E-state index is 12.8. The predicted octanol–water partition coefficient (Wildman–Crippen LogP) is 2.05. The molecule has 0 radical (unpaired) electrons. The van der Waals surface area contributed by atoms with E-state index < -0.39 is 0 Å². The van der Waals surface area contributed by atoms with Gasteiger partial charge >= 0.3 is 0 Å². The minimum Gasteiger partial charge on any atom is -0.309 e. The monoisotopic (exact) mass is 236 g/mol. The summed E-state index contributed by atoms with van der Waals surface area (Å²) >= 11 is 0. The molecule has 1 fully saturated rings. The third-order valence-electron chi connectivity index (χ3n) is 3.26. The van der Waals surface area contributed by atoms with Crippen LogP contribution < -0.4 is 5.32 Å². The van der Waals surface area contributed by atoms with E-state index in [4.69, 9.17) is 0 Å². The van der Waals surface area contributed by atoms with E-state index in [1.54, 1.807) is 12.1 Å². The quantitative estimate of drug-likeness (QED) is 0.864. The molecule has 17 heavy (non-hydrogen) atoms. The molecule has 2 unspecified atom stereocenters. The minimum atomic E-state index is -0.154. The Morgan fingerprint density at radius 1 is 1.18 bits per heavy atom. The van der Waals surface area contributed by atoms with E-state index in [1.165, 1.54) is 5.56 Å². The van der Waals surface area contributed by atoms with Crippen molar-refractivity contribution >= 4 is 0 Å². The maximum atomic E-state index is 12.8. The van der Waals surface area contributed by atoms with Crippen molar-refractivity contribution in [2.75, 3.05) is 19.6 Å². The van der Waals surface area contributed by atoms with Gasteiger partial charge in [0.2, 0.25) is 0 Å². The standard InChI is InChI=1S/C14H21FN2/c1-11-9-17(10-12(2)16-11)8-7-13-3-5-14(15)6-4-13/h3-6,11-12,16H,7-10H2,1-2H3. The fourth-order valence-electron chi connectivity index (χ4n) is 2.56. The zero-order chi connectivity index (χ0) is 12.3. The number of rotatable bonds is 3. The van der Waals surface area contributed by atoms with Gasteiger partial charge in [-0.1, -0.05) is 12.1 Å². The lowest BCUT2D eigenvalue weighted by molar-refractivity contribution is 0.175. The third-order valence-corrected chi connectivity index (χ3v) is 3.26. The summed E-state index contributed by atoms with van der Waals surface area (Å²) in [5, 5.41) is 3.52. The van der Waals surface area contributed by atoms with E-state index in [-0.39, 0.29) is 5.82 Å². The fraction of sp³-hybridized carbons (Fsp3) is 0.571. The maximum Gasteiger partial charge on any atom is 0.123 e. The Kier molecular flexibility index (Phi) is 4.13. The third kappa shape index (κ3) is 3.79. The van der Waals surface area contributed by atoms with Gasteiger partial charge in [0.05, 0.1) is 0 Å². The van der Waals surface area contributed by atoms with Gasteiger partial charge in [0.25, 0.3) is 0 Å². The highest BCUT2D eigenvalue weighted by molar-refractivity contribution is 5.16. The molecular weight excluding hydrogens is 215 g/mol. The first-order chi connectivity index (χ1) is 8.13. The first-order valence-electron chi connectivity index (χ1n) is 6.36. The SMILES string of the molecule is CC1CN(CCc2ccc(F)cc2)CC(C)N1. The lowest BCUT2D eigenvalue weighted by Gasteiger charge is -2.36. The summed E-state index contributed by atoms with van der Waals surface area (Å²) in [4.78, 5) is 2.48. The highest BCUT2D eigenvalue weighted by Crippen LogP contribution is 2.08. The highest BCUT2D eigenvalue weighted by atomic mass is 19.1. The number of halogens is 1. The Hall–Kier alpha value is -0.930. The zero-order valence-electron chi connectivity index (χ0n) is 10.6. The molecule has 1 N–H and O–H groups in total. The molecule has 3 heteroatoms. The van der Waals surface area contributed by atoms with Gasteiger partial charge < -0.3 is 5.32 Å². The summed E-state index contributed by atoms with van der Waals surface area (Å²) in [5.41, 5.74) is 1.21. The largest absolute Gasteiger partial charge is 0.309 e. The van der Waals surface area contributed by atoms with Crippen molar-refractivity contribution in [3.63, 3.8) is 0 Å². The molecule has 1 heterocycles. The van der Waals surface area contributed by atoms with Crippen LogP contribution in [0.1, 0.15) is 19.4 Å². The van der Waals surface area contributed by atoms with Gasteiger partial charge in [0.15, 0.2) is 0 Å². The summed E-state index contributed by atoms with van der Waals surface area (Å²) in [6, 6.07) is 7.96. The summed E-state index contributed by atoms with van der Waals surface area (Å²) < 4.78 is 12.8. The molecule has 1 aromatic carbocycles. The smallest absolute Gasteiger partial charge is 0.123 e. The van der Waals surface area contributed by atoms with Crippen LogP contribution in [0.15, 0.2) is 24.3 Å². The number of hydrogen-bond acceptors (Lipinski definition) is 2. The van der Waals surface area contributed by atoms with Crippen molar-refractivity contribution in [1.29, 1.82) is 0 Å². The van der Waals surface area contributed by atoms with E-state index in [2.05, 4.69) is 24.1 Å². The Morgan fingerprint density at radius 2 is 1.76 bits per heavy atom. The van der Waals surface area contributed by atoms with E-state index in [9.17, 15) is 4.39 Å². The van der Waals surface area contributed by atoms with E-state index in [0.29, 0.717) is 12.1 Å². The Bertz CT molecular complexity index is 340. The topological polar surface area (TPSA) is 15.3 Å². The van der Waals surface area contributed by atoms with Crippen LogP contribution in [0.25, 0.3) is 0 Å². The normalized spacial score (nSPS) is 26.1. The Labute approximate surface area is 103 Å². The highest BCUT2D eigenvalue weighted by Gasteiger charge is 2.20. The van der Waals surface area contributed by atoms with Gasteiger partial charge in [-0.3, -0.25) is 4.90 Å². The number of benzene rings is 1. The van der Waals surface area contributed by atoms with E-state index >= 15 is 0 Å². The van der Waals surface area contributed by atoms with Crippen LogP contribution >= 0.6 is 0 Å². The molecule has 0 aromatic heterocycles. The predicted molar refractivity (Wildman–Crippen MR) is 68.6 cm³/mol. The van der Waals surface area contributed by atoms with E-state index in [0.717, 1.165) is 26.1 Å². The molecule has 0 amide bonds. The first kappa shape index (κ1) is 12.5. The first-order valence-corrected chi connectivity index (χ1v) is 6.36. The van der Waals surface area contributed by atoms with Crippen molar-refractivity contribution < 1.29 is 4.39 Å². The summed E-state index contributed by atoms with van der Waals surface area (Å²) in [7, 11) is 0. The molecule has 1 aliphatic heterocycles. The number of piperazine rings is 1. The molecule has 2 rings (SSSR count). The van der Waals surface area contributed by atoms with Crippen LogP contribution in [-0.2, 0) is 6.42 Å². The van der Waals surface area contributed by atoms with E-state index in [1.807, 2.05) is 12.1 Å². The number of hydrogen-bond donors (Lipinski definition) is 1. The lowest BCUT2D eigenvalue weighted by Crippen LogP contribution is -2.54. The molecule has 0 saturated carbocycles. The van der Waals surface area contributed by atoms with Gasteiger partial charge in [-0.2, -0.15) is 0 Å². The van der Waals surface area contributed by atoms with Gasteiger partial charge in [0, 0.05) is 31.7 Å². The second-order valence-electron chi connectivity index (χ2n) is 5.10. The lowest BCUT2D eigenvalue weighted by atomic mass is 10.1. The Balaban J connectivity index is 1.83. The van der Waals surface area contributed by atoms with Crippen LogP contribution in [0.5, 0.6) is 0 Å². The summed E-state index contributed by atoms with van der Waals surface area (Å²) in [5.74, 6) is -0.154. The molecule has 2 nitrogen and oxygen atoms in total. The average Bonchev–Trinajstić information content (AvgIpc) is 2.27. The van der Waals surface area contributed by atoms with Crippen LogP contribution in [0.2, 0.25) is 0 Å². The van der Waals surface area contributed by atoms with Gasteiger partial charge in [0.1, 0.15) is 5.82 Å². The summed E-state index contributed by atoms with van der Waals surface area (Å²) in [6.45, 7) is 7.71. The van der Waals surface area contributed by atoms with Crippen molar-refractivity contribution in [2.24, 2.45) is 0 Å². The second kappa shape index (κ2) is 5.61. The number of nitrogens with one attached hydrogen (secondary N) is 1. The van der Waals surface area contributed by atoms with Crippen LogP contribution in [-0.4, -0.2) is 36.6 Å². The molecular formula is C14H21FN2.